The van der Waals surface area contributed by atoms with E-state index in [1.807, 2.05) is 6.92 Å². The Labute approximate surface area is 100.0 Å². The number of anilines is 1. The third-order valence-corrected chi connectivity index (χ3v) is 2.45. The number of benzene rings is 1. The molecule has 0 aliphatic heterocycles. The van der Waals surface area contributed by atoms with E-state index < -0.39 is 4.92 Å². The summed E-state index contributed by atoms with van der Waals surface area (Å²) < 4.78 is 0. The van der Waals surface area contributed by atoms with Gasteiger partial charge in [-0.15, -0.1) is 0 Å². The number of nitrogens with one attached hydrogen (secondary N) is 1. The maximum Gasteiger partial charge on any atom is 0.269 e. The molecule has 0 spiro atoms. The van der Waals surface area contributed by atoms with E-state index in [-0.39, 0.29) is 11.6 Å². The predicted molar refractivity (Wildman–Crippen MR) is 66.0 cm³/mol. The molecule has 0 saturated heterocycles. The Morgan fingerprint density at radius 1 is 1.47 bits per heavy atom. The molecule has 5 heteroatoms. The van der Waals surface area contributed by atoms with Gasteiger partial charge in [0.1, 0.15) is 0 Å². The summed E-state index contributed by atoms with van der Waals surface area (Å²) in [7, 11) is 0. The molecule has 0 aliphatic rings. The number of nitro benzene ring substituents is 1. The molecule has 0 unspecified atom stereocenters. The van der Waals surface area contributed by atoms with Crippen molar-refractivity contribution in [3.05, 3.63) is 33.9 Å². The van der Waals surface area contributed by atoms with Crippen LogP contribution in [0.1, 0.15) is 31.7 Å². The summed E-state index contributed by atoms with van der Waals surface area (Å²) in [5.74, 6) is -0.0520. The first kappa shape index (κ1) is 13.2. The number of nitrogens with zero attached hydrogens (tertiary/aromatic N) is 1. The number of aryl methyl sites for hydroxylation is 1. The molecule has 1 aromatic rings. The summed E-state index contributed by atoms with van der Waals surface area (Å²) in [6.45, 7) is 3.76. The summed E-state index contributed by atoms with van der Waals surface area (Å²) >= 11 is 0. The second-order valence-corrected chi connectivity index (χ2v) is 3.91. The Bertz CT molecular complexity index is 430. The molecule has 1 rings (SSSR count). The highest BCUT2D eigenvalue weighted by Gasteiger charge is 2.09. The van der Waals surface area contributed by atoms with Crippen LogP contribution in [0.3, 0.4) is 0 Å². The molecule has 1 amide bonds. The van der Waals surface area contributed by atoms with Gasteiger partial charge in [-0.1, -0.05) is 13.3 Å². The van der Waals surface area contributed by atoms with Gasteiger partial charge in [-0.05, 0) is 25.0 Å². The molecule has 17 heavy (non-hydrogen) atoms. The number of carbonyl (C=O) groups is 1. The van der Waals surface area contributed by atoms with Gasteiger partial charge in [-0.2, -0.15) is 0 Å². The van der Waals surface area contributed by atoms with Crippen molar-refractivity contribution in [1.82, 2.24) is 0 Å². The molecule has 0 heterocycles. The van der Waals surface area contributed by atoms with Gasteiger partial charge in [-0.3, -0.25) is 14.9 Å². The van der Waals surface area contributed by atoms with Crippen molar-refractivity contribution in [1.29, 1.82) is 0 Å². The molecule has 1 aromatic carbocycles. The van der Waals surface area contributed by atoms with Gasteiger partial charge in [-0.25, -0.2) is 0 Å². The molecular formula is C12H16N2O3. The fourth-order valence-electron chi connectivity index (χ4n) is 1.45. The lowest BCUT2D eigenvalue weighted by Crippen LogP contribution is -2.11. The van der Waals surface area contributed by atoms with Gasteiger partial charge in [0.2, 0.25) is 5.91 Å². The maximum absolute atomic E-state index is 11.5. The van der Waals surface area contributed by atoms with Gasteiger partial charge in [0.05, 0.1) is 4.92 Å². The number of non-ortho nitro benzene ring substituents is 1. The van der Waals surface area contributed by atoms with Crippen molar-refractivity contribution in [3.8, 4) is 0 Å². The van der Waals surface area contributed by atoms with Crippen LogP contribution in [0.5, 0.6) is 0 Å². The number of carbonyl (C=O) groups excluding carboxylic acids is 1. The van der Waals surface area contributed by atoms with Gasteiger partial charge in [0.15, 0.2) is 0 Å². The van der Waals surface area contributed by atoms with Gasteiger partial charge in [0.25, 0.3) is 5.69 Å². The lowest BCUT2D eigenvalue weighted by molar-refractivity contribution is -0.384. The van der Waals surface area contributed by atoms with E-state index in [9.17, 15) is 14.9 Å². The molecule has 0 saturated carbocycles. The first-order chi connectivity index (χ1) is 8.04. The second-order valence-electron chi connectivity index (χ2n) is 3.91. The van der Waals surface area contributed by atoms with Crippen LogP contribution in [0.25, 0.3) is 0 Å². The normalized spacial score (nSPS) is 10.0. The Morgan fingerprint density at radius 3 is 2.71 bits per heavy atom. The molecular weight excluding hydrogens is 220 g/mol. The molecule has 0 aromatic heterocycles. The smallest absolute Gasteiger partial charge is 0.269 e. The Balaban J connectivity index is 2.72. The maximum atomic E-state index is 11.5. The summed E-state index contributed by atoms with van der Waals surface area (Å²) in [4.78, 5) is 21.6. The van der Waals surface area contributed by atoms with Crippen molar-refractivity contribution < 1.29 is 9.72 Å². The molecule has 0 aliphatic carbocycles. The monoisotopic (exact) mass is 236 g/mol. The van der Waals surface area contributed by atoms with Crippen molar-refractivity contribution >= 4 is 17.3 Å². The molecule has 0 atom stereocenters. The van der Waals surface area contributed by atoms with Gasteiger partial charge < -0.3 is 5.32 Å². The number of amides is 1. The topological polar surface area (TPSA) is 72.2 Å². The van der Waals surface area contributed by atoms with Crippen LogP contribution in [0.2, 0.25) is 0 Å². The summed E-state index contributed by atoms with van der Waals surface area (Å²) in [5.41, 5.74) is 1.37. The summed E-state index contributed by atoms with van der Waals surface area (Å²) in [6.07, 6.45) is 2.29. The van der Waals surface area contributed by atoms with Crippen LogP contribution in [-0.4, -0.2) is 10.8 Å². The van der Waals surface area contributed by atoms with E-state index in [0.29, 0.717) is 17.7 Å². The lowest BCUT2D eigenvalue weighted by Gasteiger charge is -2.07. The first-order valence-electron chi connectivity index (χ1n) is 5.59. The lowest BCUT2D eigenvalue weighted by atomic mass is 10.1. The van der Waals surface area contributed by atoms with Crippen LogP contribution >= 0.6 is 0 Å². The number of nitro groups is 1. The third-order valence-electron chi connectivity index (χ3n) is 2.45. The highest BCUT2D eigenvalue weighted by atomic mass is 16.6. The first-order valence-corrected chi connectivity index (χ1v) is 5.59. The van der Waals surface area contributed by atoms with E-state index in [4.69, 9.17) is 0 Å². The molecule has 1 N–H and O–H groups in total. The number of rotatable bonds is 5. The minimum absolute atomic E-state index is 0.0362. The van der Waals surface area contributed by atoms with E-state index >= 15 is 0 Å². The van der Waals surface area contributed by atoms with Crippen LogP contribution in [0.4, 0.5) is 11.4 Å². The third kappa shape index (κ3) is 3.86. The van der Waals surface area contributed by atoms with Crippen LogP contribution in [0.15, 0.2) is 18.2 Å². The minimum atomic E-state index is -0.449. The highest BCUT2D eigenvalue weighted by Crippen LogP contribution is 2.21. The molecule has 0 fully saturated rings. The predicted octanol–water partition coefficient (Wildman–Crippen LogP) is 3.03. The average Bonchev–Trinajstić information content (AvgIpc) is 2.28. The van der Waals surface area contributed by atoms with E-state index in [1.165, 1.54) is 12.1 Å². The van der Waals surface area contributed by atoms with Crippen LogP contribution in [0, 0.1) is 17.0 Å². The van der Waals surface area contributed by atoms with E-state index in [2.05, 4.69) is 5.32 Å². The van der Waals surface area contributed by atoms with Crippen molar-refractivity contribution in [2.24, 2.45) is 0 Å². The molecule has 5 nitrogen and oxygen atoms in total. The van der Waals surface area contributed by atoms with E-state index in [0.717, 1.165) is 12.8 Å². The average molecular weight is 236 g/mol. The van der Waals surface area contributed by atoms with E-state index in [1.54, 1.807) is 13.0 Å². The fourth-order valence-corrected chi connectivity index (χ4v) is 1.45. The highest BCUT2D eigenvalue weighted by molar-refractivity contribution is 5.91. The quantitative estimate of drug-likeness (QED) is 0.630. The Kier molecular flexibility index (Phi) is 4.63. The fraction of sp³-hybridized carbons (Fsp3) is 0.417. The van der Waals surface area contributed by atoms with Crippen molar-refractivity contribution in [2.75, 3.05) is 5.32 Å². The van der Waals surface area contributed by atoms with Gasteiger partial charge in [0, 0.05) is 24.2 Å². The molecule has 92 valence electrons. The van der Waals surface area contributed by atoms with Gasteiger partial charge >= 0.3 is 0 Å². The Hall–Kier alpha value is -1.91. The number of hydrogen-bond donors (Lipinski definition) is 1. The zero-order valence-electron chi connectivity index (χ0n) is 10.0. The SMILES string of the molecule is CCCCC(=O)Nc1ccc([N+](=O)[O-])cc1C. The zero-order valence-corrected chi connectivity index (χ0v) is 10.0. The Morgan fingerprint density at radius 2 is 2.18 bits per heavy atom. The number of hydrogen-bond acceptors (Lipinski definition) is 3. The van der Waals surface area contributed by atoms with Crippen molar-refractivity contribution in [3.63, 3.8) is 0 Å². The molecule has 0 radical (unpaired) electrons. The second kappa shape index (κ2) is 5.98. The molecule has 0 bridgehead atoms. The minimum Gasteiger partial charge on any atom is -0.326 e. The van der Waals surface area contributed by atoms with Crippen LogP contribution in [-0.2, 0) is 4.79 Å². The van der Waals surface area contributed by atoms with Crippen LogP contribution < -0.4 is 5.32 Å². The summed E-state index contributed by atoms with van der Waals surface area (Å²) in [5, 5.41) is 13.3. The largest absolute Gasteiger partial charge is 0.326 e. The summed E-state index contributed by atoms with van der Waals surface area (Å²) in [6, 6.07) is 4.41. The zero-order chi connectivity index (χ0) is 12.8. The standard InChI is InChI=1S/C12H16N2O3/c1-3-4-5-12(15)13-11-7-6-10(14(16)17)8-9(11)2/h6-8H,3-5H2,1-2H3,(H,13,15). The van der Waals surface area contributed by atoms with Crippen molar-refractivity contribution in [2.45, 2.75) is 33.1 Å². The number of unbranched alkanes of at least 4 members (excludes halogenated alkanes) is 1.